The van der Waals surface area contributed by atoms with E-state index >= 15 is 0 Å². The third-order valence-electron chi connectivity index (χ3n) is 3.79. The highest BCUT2D eigenvalue weighted by molar-refractivity contribution is 5.87. The second-order valence-corrected chi connectivity index (χ2v) is 5.52. The van der Waals surface area contributed by atoms with Gasteiger partial charge in [0, 0.05) is 17.1 Å². The first-order chi connectivity index (χ1) is 11.6. The van der Waals surface area contributed by atoms with E-state index in [1.165, 1.54) is 10.7 Å². The standard InChI is InChI=1S/C18H14N4O2/c1-11-10-16(24)22(21-11)18-12-6-2-4-8-14(12)19-17(20-18)13-7-3-5-9-15(13)23/h2-10,21,23H,1H3. The van der Waals surface area contributed by atoms with Gasteiger partial charge in [0.25, 0.3) is 5.56 Å². The van der Waals surface area contributed by atoms with Crippen LogP contribution in [-0.4, -0.2) is 24.9 Å². The van der Waals surface area contributed by atoms with E-state index in [2.05, 4.69) is 15.1 Å². The SMILES string of the molecule is Cc1cc(=O)n(-c2nc(-c3ccccc3O)nc3ccccc23)[nH]1. The number of aromatic nitrogens is 4. The van der Waals surface area contributed by atoms with Crippen LogP contribution in [0, 0.1) is 6.92 Å². The van der Waals surface area contributed by atoms with Crippen molar-refractivity contribution >= 4 is 10.9 Å². The van der Waals surface area contributed by atoms with Gasteiger partial charge in [-0.2, -0.15) is 0 Å². The molecule has 2 N–H and O–H groups in total. The van der Waals surface area contributed by atoms with Gasteiger partial charge in [-0.15, -0.1) is 0 Å². The number of para-hydroxylation sites is 2. The summed E-state index contributed by atoms with van der Waals surface area (Å²) in [6.45, 7) is 1.81. The second kappa shape index (κ2) is 5.34. The molecule has 2 aromatic heterocycles. The van der Waals surface area contributed by atoms with E-state index in [1.807, 2.05) is 31.2 Å². The van der Waals surface area contributed by atoms with E-state index in [9.17, 15) is 9.90 Å². The Morgan fingerprint density at radius 1 is 1.04 bits per heavy atom. The Labute approximate surface area is 137 Å². The summed E-state index contributed by atoms with van der Waals surface area (Å²) < 4.78 is 1.39. The average Bonchev–Trinajstić information content (AvgIpc) is 2.92. The lowest BCUT2D eigenvalue weighted by Crippen LogP contribution is -2.16. The Morgan fingerprint density at radius 3 is 2.54 bits per heavy atom. The zero-order valence-corrected chi connectivity index (χ0v) is 12.9. The molecule has 4 aromatic rings. The number of aryl methyl sites for hydroxylation is 1. The van der Waals surface area contributed by atoms with E-state index in [4.69, 9.17) is 0 Å². The molecular formula is C18H14N4O2. The first-order valence-corrected chi connectivity index (χ1v) is 7.48. The summed E-state index contributed by atoms with van der Waals surface area (Å²) in [4.78, 5) is 21.3. The highest BCUT2D eigenvalue weighted by Gasteiger charge is 2.14. The number of nitrogens with zero attached hydrogens (tertiary/aromatic N) is 3. The van der Waals surface area contributed by atoms with Gasteiger partial charge in [-0.3, -0.25) is 9.89 Å². The van der Waals surface area contributed by atoms with Gasteiger partial charge in [0.2, 0.25) is 0 Å². The van der Waals surface area contributed by atoms with Crippen molar-refractivity contribution in [2.45, 2.75) is 6.92 Å². The Bertz CT molecular complexity index is 1110. The van der Waals surface area contributed by atoms with Crippen molar-refractivity contribution in [2.75, 3.05) is 0 Å². The number of nitrogens with one attached hydrogen (secondary N) is 1. The normalized spacial score (nSPS) is 11.0. The van der Waals surface area contributed by atoms with Gasteiger partial charge < -0.3 is 5.11 Å². The summed E-state index contributed by atoms with van der Waals surface area (Å²) in [6.07, 6.45) is 0. The number of phenols is 1. The van der Waals surface area contributed by atoms with Crippen LogP contribution in [0.25, 0.3) is 28.1 Å². The summed E-state index contributed by atoms with van der Waals surface area (Å²) in [6, 6.07) is 15.8. The van der Waals surface area contributed by atoms with Gasteiger partial charge >= 0.3 is 0 Å². The third-order valence-corrected chi connectivity index (χ3v) is 3.79. The summed E-state index contributed by atoms with van der Waals surface area (Å²) in [5, 5.41) is 13.8. The van der Waals surface area contributed by atoms with E-state index < -0.39 is 0 Å². The zero-order valence-electron chi connectivity index (χ0n) is 12.9. The number of hydrogen-bond donors (Lipinski definition) is 2. The van der Waals surface area contributed by atoms with Gasteiger partial charge in [-0.1, -0.05) is 24.3 Å². The molecule has 0 radical (unpaired) electrons. The molecule has 4 rings (SSSR count). The largest absolute Gasteiger partial charge is 0.507 e. The van der Waals surface area contributed by atoms with Crippen molar-refractivity contribution in [3.8, 4) is 23.0 Å². The highest BCUT2D eigenvalue weighted by atomic mass is 16.3. The van der Waals surface area contributed by atoms with Crippen molar-refractivity contribution in [1.29, 1.82) is 0 Å². The van der Waals surface area contributed by atoms with Gasteiger partial charge in [-0.05, 0) is 31.2 Å². The molecule has 0 aliphatic rings. The van der Waals surface area contributed by atoms with Crippen molar-refractivity contribution in [1.82, 2.24) is 19.7 Å². The lowest BCUT2D eigenvalue weighted by molar-refractivity contribution is 0.477. The molecule has 6 heteroatoms. The molecule has 0 unspecified atom stereocenters. The predicted molar refractivity (Wildman–Crippen MR) is 91.3 cm³/mol. The molecule has 0 aliphatic carbocycles. The molecule has 0 aliphatic heterocycles. The predicted octanol–water partition coefficient (Wildman–Crippen LogP) is 2.79. The fraction of sp³-hybridized carbons (Fsp3) is 0.0556. The van der Waals surface area contributed by atoms with E-state index in [0.29, 0.717) is 22.7 Å². The maximum atomic E-state index is 12.2. The monoisotopic (exact) mass is 318 g/mol. The molecule has 0 fully saturated rings. The van der Waals surface area contributed by atoms with Crippen LogP contribution >= 0.6 is 0 Å². The Morgan fingerprint density at radius 2 is 1.79 bits per heavy atom. The molecule has 2 aromatic carbocycles. The van der Waals surface area contributed by atoms with Crippen LogP contribution in [0.3, 0.4) is 0 Å². The molecule has 0 saturated heterocycles. The fourth-order valence-corrected chi connectivity index (χ4v) is 2.68. The van der Waals surface area contributed by atoms with E-state index in [-0.39, 0.29) is 11.3 Å². The molecule has 2 heterocycles. The molecule has 0 saturated carbocycles. The number of aromatic amines is 1. The number of H-pyrrole nitrogens is 1. The number of rotatable bonds is 2. The summed E-state index contributed by atoms with van der Waals surface area (Å²) in [5.74, 6) is 0.909. The summed E-state index contributed by atoms with van der Waals surface area (Å²) >= 11 is 0. The maximum absolute atomic E-state index is 12.2. The van der Waals surface area contributed by atoms with Crippen molar-refractivity contribution in [3.63, 3.8) is 0 Å². The van der Waals surface area contributed by atoms with E-state index in [0.717, 1.165) is 11.1 Å². The van der Waals surface area contributed by atoms with Gasteiger partial charge in [0.1, 0.15) is 5.75 Å². The lowest BCUT2D eigenvalue weighted by Gasteiger charge is -2.10. The van der Waals surface area contributed by atoms with Crippen LogP contribution < -0.4 is 5.56 Å². The quantitative estimate of drug-likeness (QED) is 0.595. The number of phenolic OH excluding ortho intramolecular Hbond substituents is 1. The third kappa shape index (κ3) is 2.25. The maximum Gasteiger partial charge on any atom is 0.272 e. The van der Waals surface area contributed by atoms with Crippen LogP contribution in [0.5, 0.6) is 5.75 Å². The van der Waals surface area contributed by atoms with Crippen molar-refractivity contribution in [2.24, 2.45) is 0 Å². The smallest absolute Gasteiger partial charge is 0.272 e. The minimum absolute atomic E-state index is 0.0914. The van der Waals surface area contributed by atoms with Crippen LogP contribution in [0.1, 0.15) is 5.69 Å². The minimum atomic E-state index is -0.195. The molecule has 6 nitrogen and oxygen atoms in total. The average molecular weight is 318 g/mol. The zero-order chi connectivity index (χ0) is 16.7. The summed E-state index contributed by atoms with van der Waals surface area (Å²) in [7, 11) is 0. The molecule has 0 amide bonds. The van der Waals surface area contributed by atoms with Gasteiger partial charge in [-0.25, -0.2) is 14.6 Å². The molecule has 118 valence electrons. The number of fused-ring (bicyclic) bond motifs is 1. The number of hydrogen-bond acceptors (Lipinski definition) is 4. The second-order valence-electron chi connectivity index (χ2n) is 5.52. The first-order valence-electron chi connectivity index (χ1n) is 7.48. The van der Waals surface area contributed by atoms with Gasteiger partial charge in [0.15, 0.2) is 11.6 Å². The molecular weight excluding hydrogens is 304 g/mol. The Balaban J connectivity index is 2.07. The Hall–Kier alpha value is -3.41. The molecule has 0 spiro atoms. The minimum Gasteiger partial charge on any atom is -0.507 e. The summed E-state index contributed by atoms with van der Waals surface area (Å²) in [5.41, 5.74) is 1.76. The van der Waals surface area contributed by atoms with Crippen molar-refractivity contribution < 1.29 is 5.11 Å². The highest BCUT2D eigenvalue weighted by Crippen LogP contribution is 2.28. The fourth-order valence-electron chi connectivity index (χ4n) is 2.68. The first kappa shape index (κ1) is 14.2. The van der Waals surface area contributed by atoms with E-state index in [1.54, 1.807) is 24.3 Å². The van der Waals surface area contributed by atoms with Crippen LogP contribution in [0.4, 0.5) is 0 Å². The number of benzene rings is 2. The topological polar surface area (TPSA) is 83.8 Å². The number of aromatic hydroxyl groups is 1. The van der Waals surface area contributed by atoms with Crippen LogP contribution in [0.2, 0.25) is 0 Å². The van der Waals surface area contributed by atoms with Gasteiger partial charge in [0.05, 0.1) is 11.1 Å². The molecule has 24 heavy (non-hydrogen) atoms. The lowest BCUT2D eigenvalue weighted by atomic mass is 10.1. The van der Waals surface area contributed by atoms with Crippen molar-refractivity contribution in [3.05, 3.63) is 70.6 Å². The molecule has 0 bridgehead atoms. The van der Waals surface area contributed by atoms with Crippen LogP contribution in [0.15, 0.2) is 59.4 Å². The van der Waals surface area contributed by atoms with Crippen LogP contribution in [-0.2, 0) is 0 Å². The Kier molecular flexibility index (Phi) is 3.16. The molecule has 0 atom stereocenters.